The minimum atomic E-state index is -1.92. The van der Waals surface area contributed by atoms with E-state index in [1.54, 1.807) is 0 Å². The first kappa shape index (κ1) is 35.2. The Morgan fingerprint density at radius 1 is 0.821 bits per heavy atom. The van der Waals surface area contributed by atoms with Crippen LogP contribution in [0.1, 0.15) is 122 Å². The van der Waals surface area contributed by atoms with Crippen LogP contribution in [0.25, 0.3) is 0 Å². The Morgan fingerprint density at radius 3 is 1.62 bits per heavy atom. The molecular formula is C34H67BO2SSi. The molecule has 0 heterocycles. The SMILES string of the molecule is CC(C)[C@H]1CC[C@H](C)C[C@H]1CB(C[C@@H]1C[C@@H](C)CC[C@@H]1C(C)C)O/C(=C/O[Si](C)(C)C(C)(C)C)SC(C)(C)C. The molecule has 0 aromatic rings. The molecule has 0 aromatic heterocycles. The third-order valence-corrected chi connectivity index (χ3v) is 15.7. The number of hydrogen-bond donors (Lipinski definition) is 0. The zero-order chi connectivity index (χ0) is 29.8. The van der Waals surface area contributed by atoms with Crippen molar-refractivity contribution in [3.05, 3.63) is 11.4 Å². The van der Waals surface area contributed by atoms with Crippen molar-refractivity contribution in [2.45, 2.75) is 157 Å². The van der Waals surface area contributed by atoms with E-state index in [-0.39, 0.29) is 16.7 Å². The standard InChI is InChI=1S/C34H67BO2SSi/c1-24(2)30-17-15-26(5)19-28(30)21-35(22-29-20-27(6)16-18-31(29)25(3)4)37-32(38-33(7,8)9)23-36-39(13,14)34(10,11)12/h23-31H,15-22H2,1-14H3/b32-23-/t26-,27-,28-,29-,30+,31+/m0/s1. The summed E-state index contributed by atoms with van der Waals surface area (Å²) in [6, 6.07) is 0. The van der Waals surface area contributed by atoms with Crippen molar-refractivity contribution in [2.24, 2.45) is 47.3 Å². The molecule has 2 aliphatic carbocycles. The molecule has 5 heteroatoms. The van der Waals surface area contributed by atoms with Gasteiger partial charge in [0.2, 0.25) is 8.32 Å². The zero-order valence-corrected chi connectivity index (χ0v) is 30.5. The summed E-state index contributed by atoms with van der Waals surface area (Å²) in [6.07, 6.45) is 12.7. The van der Waals surface area contributed by atoms with E-state index in [1.165, 1.54) is 51.2 Å². The highest BCUT2D eigenvalue weighted by atomic mass is 32.2. The Morgan fingerprint density at radius 2 is 1.26 bits per heavy atom. The van der Waals surface area contributed by atoms with Crippen LogP contribution >= 0.6 is 11.8 Å². The molecule has 2 aliphatic rings. The van der Waals surface area contributed by atoms with Gasteiger partial charge in [-0.2, -0.15) is 0 Å². The van der Waals surface area contributed by atoms with Gasteiger partial charge >= 0.3 is 6.92 Å². The summed E-state index contributed by atoms with van der Waals surface area (Å²) in [7, 11) is -1.92. The lowest BCUT2D eigenvalue weighted by Gasteiger charge is -2.41. The molecule has 39 heavy (non-hydrogen) atoms. The van der Waals surface area contributed by atoms with Gasteiger partial charge in [-0.25, -0.2) is 0 Å². The van der Waals surface area contributed by atoms with Crippen LogP contribution in [0.2, 0.25) is 30.8 Å². The van der Waals surface area contributed by atoms with Crippen molar-refractivity contribution in [3.8, 4) is 0 Å². The summed E-state index contributed by atoms with van der Waals surface area (Å²) in [4.78, 5) is 0. The molecule has 2 nitrogen and oxygen atoms in total. The molecule has 0 saturated heterocycles. The fourth-order valence-electron chi connectivity index (χ4n) is 7.12. The van der Waals surface area contributed by atoms with Crippen LogP contribution in [-0.2, 0) is 9.08 Å². The Hall–Kier alpha value is -0.0282. The van der Waals surface area contributed by atoms with Gasteiger partial charge in [0.1, 0.15) is 6.26 Å². The van der Waals surface area contributed by atoms with Gasteiger partial charge in [-0.15, -0.1) is 0 Å². The maximum absolute atomic E-state index is 7.19. The topological polar surface area (TPSA) is 18.5 Å². The zero-order valence-electron chi connectivity index (χ0n) is 28.7. The van der Waals surface area contributed by atoms with Crippen LogP contribution in [0.4, 0.5) is 0 Å². The van der Waals surface area contributed by atoms with Crippen LogP contribution in [0.15, 0.2) is 11.4 Å². The Bertz CT molecular complexity index is 732. The first-order valence-corrected chi connectivity index (χ1v) is 20.2. The highest BCUT2D eigenvalue weighted by Gasteiger charge is 2.41. The van der Waals surface area contributed by atoms with E-state index in [9.17, 15) is 0 Å². The van der Waals surface area contributed by atoms with Crippen molar-refractivity contribution in [1.82, 2.24) is 0 Å². The smallest absolute Gasteiger partial charge is 0.359 e. The van der Waals surface area contributed by atoms with Gasteiger partial charge in [-0.3, -0.25) is 0 Å². The fraction of sp³-hybridized carbons (Fsp3) is 0.941. The molecular weight excluding hydrogens is 511 g/mol. The van der Waals surface area contributed by atoms with Crippen molar-refractivity contribution < 1.29 is 9.08 Å². The summed E-state index contributed by atoms with van der Waals surface area (Å²) in [5.74, 6) is 6.35. The largest absolute Gasteiger partial charge is 0.554 e. The maximum atomic E-state index is 7.19. The summed E-state index contributed by atoms with van der Waals surface area (Å²) in [5.41, 5.74) is 0. The third kappa shape index (κ3) is 11.3. The van der Waals surface area contributed by atoms with E-state index < -0.39 is 8.32 Å². The lowest BCUT2D eigenvalue weighted by Crippen LogP contribution is -2.39. The quantitative estimate of drug-likeness (QED) is 0.179. The Labute approximate surface area is 251 Å². The van der Waals surface area contributed by atoms with Crippen LogP contribution in [0.3, 0.4) is 0 Å². The van der Waals surface area contributed by atoms with Crippen LogP contribution in [0.5, 0.6) is 0 Å². The average Bonchev–Trinajstić information content (AvgIpc) is 2.75. The van der Waals surface area contributed by atoms with E-state index in [2.05, 4.69) is 96.2 Å². The highest BCUT2D eigenvalue weighted by molar-refractivity contribution is 8.04. The molecule has 0 spiro atoms. The second kappa shape index (κ2) is 14.4. The summed E-state index contributed by atoms with van der Waals surface area (Å²) in [6.45, 7) is 33.6. The molecule has 0 aromatic carbocycles. The van der Waals surface area contributed by atoms with Gasteiger partial charge in [-0.05, 0) is 104 Å². The van der Waals surface area contributed by atoms with E-state index >= 15 is 0 Å². The molecule has 0 bridgehead atoms. The Balaban J connectivity index is 2.40. The van der Waals surface area contributed by atoms with Crippen LogP contribution < -0.4 is 0 Å². The predicted molar refractivity (Wildman–Crippen MR) is 180 cm³/mol. The second-order valence-corrected chi connectivity index (χ2v) is 23.5. The minimum Gasteiger partial charge on any atom is -0.554 e. The number of thioether (sulfide) groups is 1. The number of rotatable bonds is 11. The van der Waals surface area contributed by atoms with E-state index in [0.29, 0.717) is 0 Å². The van der Waals surface area contributed by atoms with E-state index in [0.717, 1.165) is 52.4 Å². The summed E-state index contributed by atoms with van der Waals surface area (Å²) in [5, 5.41) is 1.18. The molecule has 0 aliphatic heterocycles. The Kier molecular flexibility index (Phi) is 13.0. The van der Waals surface area contributed by atoms with Crippen molar-refractivity contribution in [2.75, 3.05) is 0 Å². The first-order chi connectivity index (χ1) is 17.8. The third-order valence-electron chi connectivity index (χ3n) is 10.4. The second-order valence-electron chi connectivity index (χ2n) is 16.9. The van der Waals surface area contributed by atoms with Gasteiger partial charge < -0.3 is 9.08 Å². The van der Waals surface area contributed by atoms with Crippen LogP contribution in [0, 0.1) is 47.3 Å². The lowest BCUT2D eigenvalue weighted by molar-refractivity contribution is 0.146. The highest BCUT2D eigenvalue weighted by Crippen LogP contribution is 2.46. The maximum Gasteiger partial charge on any atom is 0.359 e. The average molecular weight is 579 g/mol. The molecule has 2 saturated carbocycles. The fourth-order valence-corrected chi connectivity index (χ4v) is 8.85. The first-order valence-electron chi connectivity index (χ1n) is 16.5. The molecule has 6 atom stereocenters. The summed E-state index contributed by atoms with van der Waals surface area (Å²) >= 11 is 1.86. The molecule has 0 N–H and O–H groups in total. The molecule has 0 amide bonds. The van der Waals surface area contributed by atoms with Gasteiger partial charge in [0.05, 0.1) is 0 Å². The van der Waals surface area contributed by atoms with E-state index in [1.807, 2.05) is 18.0 Å². The summed E-state index contributed by atoms with van der Waals surface area (Å²) < 4.78 is 13.9. The molecule has 2 rings (SSSR count). The monoisotopic (exact) mass is 578 g/mol. The van der Waals surface area contributed by atoms with Crippen molar-refractivity contribution in [1.29, 1.82) is 0 Å². The normalized spacial score (nSPS) is 29.6. The van der Waals surface area contributed by atoms with Gasteiger partial charge in [0.25, 0.3) is 0 Å². The van der Waals surface area contributed by atoms with Crippen molar-refractivity contribution >= 4 is 27.0 Å². The molecule has 228 valence electrons. The van der Waals surface area contributed by atoms with Crippen LogP contribution in [-0.4, -0.2) is 20.0 Å². The van der Waals surface area contributed by atoms with E-state index in [4.69, 9.17) is 9.08 Å². The van der Waals surface area contributed by atoms with Gasteiger partial charge in [-0.1, -0.05) is 108 Å². The molecule has 0 radical (unpaired) electrons. The molecule has 2 fully saturated rings. The minimum absolute atomic E-state index is 0.0762. The van der Waals surface area contributed by atoms with Gasteiger partial charge in [0.15, 0.2) is 5.09 Å². The lowest BCUT2D eigenvalue weighted by atomic mass is 9.49. The van der Waals surface area contributed by atoms with Gasteiger partial charge in [0, 0.05) is 4.75 Å². The molecule has 0 unspecified atom stereocenters. The number of hydrogen-bond acceptors (Lipinski definition) is 3. The predicted octanol–water partition coefficient (Wildman–Crippen LogP) is 11.8. The van der Waals surface area contributed by atoms with Crippen molar-refractivity contribution in [3.63, 3.8) is 0 Å².